The largest absolute Gasteiger partial charge is 0.345 e. The molecule has 0 unspecified atom stereocenters. The van der Waals surface area contributed by atoms with Crippen molar-refractivity contribution < 1.29 is 9.59 Å². The standard InChI is InChI=1S/C18H17N5O3/c1-19-18(26)21-12-6-4-5-11(9-12)10-20-17(25)15-22-14-8-3-2-7-13(14)16(24)23-15/h2-9H,10H2,1H3,(H,20,25)(H2,19,21,26)(H,22,23,24). The molecule has 8 nitrogen and oxygen atoms in total. The van der Waals surface area contributed by atoms with Crippen LogP contribution in [-0.2, 0) is 6.54 Å². The van der Waals surface area contributed by atoms with Gasteiger partial charge in [-0.2, -0.15) is 0 Å². The molecule has 132 valence electrons. The number of rotatable bonds is 4. The number of hydrogen-bond acceptors (Lipinski definition) is 4. The summed E-state index contributed by atoms with van der Waals surface area (Å²) in [6.07, 6.45) is 0. The van der Waals surface area contributed by atoms with Crippen LogP contribution in [0.1, 0.15) is 16.2 Å². The predicted molar refractivity (Wildman–Crippen MR) is 98.1 cm³/mol. The van der Waals surface area contributed by atoms with Crippen LogP contribution in [0.2, 0.25) is 0 Å². The number of para-hydroxylation sites is 1. The molecule has 3 amide bonds. The second kappa shape index (κ2) is 7.47. The highest BCUT2D eigenvalue weighted by atomic mass is 16.2. The summed E-state index contributed by atoms with van der Waals surface area (Å²) in [6.45, 7) is 0.221. The van der Waals surface area contributed by atoms with Crippen molar-refractivity contribution in [2.75, 3.05) is 12.4 Å². The number of hydrogen-bond donors (Lipinski definition) is 4. The Morgan fingerprint density at radius 2 is 1.92 bits per heavy atom. The van der Waals surface area contributed by atoms with Gasteiger partial charge in [-0.3, -0.25) is 9.59 Å². The highest BCUT2D eigenvalue weighted by Crippen LogP contribution is 2.11. The predicted octanol–water partition coefficient (Wildman–Crippen LogP) is 1.60. The van der Waals surface area contributed by atoms with E-state index < -0.39 is 5.91 Å². The first-order chi connectivity index (χ1) is 12.6. The number of carbonyl (C=O) groups is 2. The molecular weight excluding hydrogens is 334 g/mol. The van der Waals surface area contributed by atoms with E-state index in [1.165, 1.54) is 7.05 Å². The average Bonchev–Trinajstić information content (AvgIpc) is 2.66. The van der Waals surface area contributed by atoms with E-state index >= 15 is 0 Å². The van der Waals surface area contributed by atoms with Crippen LogP contribution in [0, 0.1) is 0 Å². The van der Waals surface area contributed by atoms with Gasteiger partial charge in [0.05, 0.1) is 10.9 Å². The van der Waals surface area contributed by atoms with Gasteiger partial charge in [0.15, 0.2) is 5.82 Å². The lowest BCUT2D eigenvalue weighted by Gasteiger charge is -2.08. The van der Waals surface area contributed by atoms with Crippen LogP contribution in [-0.4, -0.2) is 29.0 Å². The van der Waals surface area contributed by atoms with Crippen molar-refractivity contribution in [2.24, 2.45) is 0 Å². The third kappa shape index (κ3) is 3.86. The number of carbonyl (C=O) groups excluding carboxylic acids is 2. The maximum Gasteiger partial charge on any atom is 0.318 e. The molecule has 0 spiro atoms. The minimum Gasteiger partial charge on any atom is -0.345 e. The number of anilines is 1. The van der Waals surface area contributed by atoms with Crippen LogP contribution in [0.15, 0.2) is 53.3 Å². The Morgan fingerprint density at radius 3 is 2.73 bits per heavy atom. The van der Waals surface area contributed by atoms with Gasteiger partial charge in [0.2, 0.25) is 0 Å². The Kier molecular flexibility index (Phi) is 4.93. The Morgan fingerprint density at radius 1 is 1.12 bits per heavy atom. The minimum absolute atomic E-state index is 0.0478. The molecule has 3 rings (SSSR count). The highest BCUT2D eigenvalue weighted by Gasteiger charge is 2.11. The normalized spacial score (nSPS) is 10.3. The van der Waals surface area contributed by atoms with Crippen LogP contribution in [0.3, 0.4) is 0 Å². The number of aromatic amines is 1. The molecule has 0 fully saturated rings. The maximum absolute atomic E-state index is 12.3. The second-order valence-corrected chi connectivity index (χ2v) is 5.52. The smallest absolute Gasteiger partial charge is 0.318 e. The van der Waals surface area contributed by atoms with Crippen molar-refractivity contribution in [2.45, 2.75) is 6.54 Å². The van der Waals surface area contributed by atoms with Crippen molar-refractivity contribution >= 4 is 28.5 Å². The van der Waals surface area contributed by atoms with Crippen molar-refractivity contribution in [3.63, 3.8) is 0 Å². The fraction of sp³-hybridized carbons (Fsp3) is 0.111. The topological polar surface area (TPSA) is 116 Å². The van der Waals surface area contributed by atoms with Crippen molar-refractivity contribution in [3.8, 4) is 0 Å². The molecule has 0 bridgehead atoms. The Labute approximate surface area is 148 Å². The van der Waals surface area contributed by atoms with Crippen molar-refractivity contribution in [1.29, 1.82) is 0 Å². The molecule has 0 saturated carbocycles. The van der Waals surface area contributed by atoms with Gasteiger partial charge in [0.25, 0.3) is 11.5 Å². The second-order valence-electron chi connectivity index (χ2n) is 5.52. The van der Waals surface area contributed by atoms with E-state index in [-0.39, 0.29) is 24.0 Å². The lowest BCUT2D eigenvalue weighted by atomic mass is 10.2. The maximum atomic E-state index is 12.3. The van der Waals surface area contributed by atoms with E-state index in [9.17, 15) is 14.4 Å². The minimum atomic E-state index is -0.488. The molecule has 8 heteroatoms. The fourth-order valence-corrected chi connectivity index (χ4v) is 2.41. The first kappa shape index (κ1) is 17.2. The molecule has 0 aliphatic rings. The molecule has 2 aromatic carbocycles. The van der Waals surface area contributed by atoms with Crippen molar-refractivity contribution in [3.05, 3.63) is 70.3 Å². The number of nitrogens with one attached hydrogen (secondary N) is 4. The summed E-state index contributed by atoms with van der Waals surface area (Å²) in [4.78, 5) is 42.4. The molecule has 0 radical (unpaired) electrons. The molecular formula is C18H17N5O3. The molecule has 1 heterocycles. The highest BCUT2D eigenvalue weighted by molar-refractivity contribution is 5.92. The average molecular weight is 351 g/mol. The molecule has 0 saturated heterocycles. The molecule has 26 heavy (non-hydrogen) atoms. The van der Waals surface area contributed by atoms with Gasteiger partial charge in [-0.15, -0.1) is 0 Å². The quantitative estimate of drug-likeness (QED) is 0.571. The van der Waals surface area contributed by atoms with Crippen molar-refractivity contribution in [1.82, 2.24) is 20.6 Å². The van der Waals surface area contributed by atoms with E-state index in [4.69, 9.17) is 0 Å². The molecule has 0 aliphatic heterocycles. The van der Waals surface area contributed by atoms with Crippen LogP contribution < -0.4 is 21.5 Å². The first-order valence-electron chi connectivity index (χ1n) is 7.92. The monoisotopic (exact) mass is 351 g/mol. The Balaban J connectivity index is 1.72. The SMILES string of the molecule is CNC(=O)Nc1cccc(CNC(=O)c2nc3ccccc3c(=O)[nH]2)c1. The summed E-state index contributed by atoms with van der Waals surface area (Å²) in [7, 11) is 1.52. The van der Waals surface area contributed by atoms with Crippen LogP contribution >= 0.6 is 0 Å². The van der Waals surface area contributed by atoms with Gasteiger partial charge in [0.1, 0.15) is 0 Å². The fourth-order valence-electron chi connectivity index (χ4n) is 2.41. The number of urea groups is 1. The van der Waals surface area contributed by atoms with Gasteiger partial charge in [-0.25, -0.2) is 9.78 Å². The van der Waals surface area contributed by atoms with E-state index in [1.54, 1.807) is 42.5 Å². The van der Waals surface area contributed by atoms with Gasteiger partial charge < -0.3 is 20.9 Å². The third-order valence-corrected chi connectivity index (χ3v) is 3.69. The molecule has 4 N–H and O–H groups in total. The summed E-state index contributed by atoms with van der Waals surface area (Å²) in [5.41, 5.74) is 1.49. The Hall–Kier alpha value is -3.68. The number of nitrogens with zero attached hydrogens (tertiary/aromatic N) is 1. The molecule has 0 aliphatic carbocycles. The molecule has 0 atom stereocenters. The van der Waals surface area contributed by atoms with Gasteiger partial charge in [-0.05, 0) is 29.8 Å². The van der Waals surface area contributed by atoms with Crippen LogP contribution in [0.25, 0.3) is 10.9 Å². The van der Waals surface area contributed by atoms with Crippen LogP contribution in [0.5, 0.6) is 0 Å². The van der Waals surface area contributed by atoms with E-state index in [0.29, 0.717) is 16.6 Å². The number of aromatic nitrogens is 2. The zero-order chi connectivity index (χ0) is 18.5. The zero-order valence-corrected chi connectivity index (χ0v) is 14.0. The third-order valence-electron chi connectivity index (χ3n) is 3.69. The zero-order valence-electron chi connectivity index (χ0n) is 14.0. The molecule has 3 aromatic rings. The Bertz CT molecular complexity index is 1030. The van der Waals surface area contributed by atoms with E-state index in [1.807, 2.05) is 6.07 Å². The summed E-state index contributed by atoms with van der Waals surface area (Å²) in [5, 5.41) is 8.25. The summed E-state index contributed by atoms with van der Waals surface area (Å²) >= 11 is 0. The van der Waals surface area contributed by atoms with Gasteiger partial charge >= 0.3 is 6.03 Å². The molecule has 1 aromatic heterocycles. The first-order valence-corrected chi connectivity index (χ1v) is 7.92. The lowest BCUT2D eigenvalue weighted by Crippen LogP contribution is -2.27. The number of benzene rings is 2. The van der Waals surface area contributed by atoms with Gasteiger partial charge in [0, 0.05) is 19.3 Å². The summed E-state index contributed by atoms with van der Waals surface area (Å²) in [5.74, 6) is -0.536. The summed E-state index contributed by atoms with van der Waals surface area (Å²) in [6, 6.07) is 13.5. The van der Waals surface area contributed by atoms with Gasteiger partial charge in [-0.1, -0.05) is 24.3 Å². The van der Waals surface area contributed by atoms with E-state index in [0.717, 1.165) is 5.56 Å². The number of amides is 3. The lowest BCUT2D eigenvalue weighted by molar-refractivity contribution is 0.0940. The summed E-state index contributed by atoms with van der Waals surface area (Å²) < 4.78 is 0. The number of H-pyrrole nitrogens is 1. The van der Waals surface area contributed by atoms with E-state index in [2.05, 4.69) is 25.9 Å². The number of fused-ring (bicyclic) bond motifs is 1. The van der Waals surface area contributed by atoms with Crippen LogP contribution in [0.4, 0.5) is 10.5 Å².